The summed E-state index contributed by atoms with van der Waals surface area (Å²) in [6.45, 7) is 5.44. The Bertz CT molecular complexity index is 707. The molecule has 0 spiro atoms. The van der Waals surface area contributed by atoms with Gasteiger partial charge in [0.25, 0.3) is 10.0 Å². The average molecular weight is 451 g/mol. The third-order valence-corrected chi connectivity index (χ3v) is 9.05. The van der Waals surface area contributed by atoms with Crippen LogP contribution < -0.4 is 0 Å². The van der Waals surface area contributed by atoms with E-state index in [0.717, 1.165) is 16.6 Å². The Balaban J connectivity index is 1.58. The van der Waals surface area contributed by atoms with Crippen LogP contribution in [0.5, 0.6) is 0 Å². The summed E-state index contributed by atoms with van der Waals surface area (Å²) in [5.74, 6) is 0.336. The molecule has 1 aromatic heterocycles. The maximum Gasteiger partial charge on any atom is 0.252 e. The van der Waals surface area contributed by atoms with Crippen LogP contribution in [-0.4, -0.2) is 62.9 Å². The highest BCUT2D eigenvalue weighted by Crippen LogP contribution is 2.33. The summed E-state index contributed by atoms with van der Waals surface area (Å²) in [6, 6.07) is 3.40. The second-order valence-electron chi connectivity index (χ2n) is 6.53. The maximum atomic E-state index is 12.7. The molecule has 1 amide bonds. The minimum atomic E-state index is -3.42. The number of ether oxygens (including phenoxy) is 1. The van der Waals surface area contributed by atoms with Crippen LogP contribution in [-0.2, 0) is 19.6 Å². The van der Waals surface area contributed by atoms with Crippen LogP contribution in [0.4, 0.5) is 0 Å². The second kappa shape index (κ2) is 8.04. The van der Waals surface area contributed by atoms with E-state index in [1.54, 1.807) is 16.4 Å². The van der Waals surface area contributed by atoms with Crippen LogP contribution in [0, 0.1) is 11.8 Å². The van der Waals surface area contributed by atoms with Gasteiger partial charge in [-0.05, 0) is 46.8 Å². The predicted octanol–water partition coefficient (Wildman–Crippen LogP) is 2.41. The molecule has 25 heavy (non-hydrogen) atoms. The van der Waals surface area contributed by atoms with Gasteiger partial charge in [-0.2, -0.15) is 4.31 Å². The molecule has 2 aliphatic rings. The first kappa shape index (κ1) is 19.3. The van der Waals surface area contributed by atoms with Crippen molar-refractivity contribution in [3.05, 3.63) is 15.9 Å². The van der Waals surface area contributed by atoms with Crippen molar-refractivity contribution in [2.75, 3.05) is 39.4 Å². The normalized spacial score (nSPS) is 22.1. The molecule has 9 heteroatoms. The molecule has 0 N–H and O–H groups in total. The van der Waals surface area contributed by atoms with E-state index >= 15 is 0 Å². The zero-order valence-electron chi connectivity index (χ0n) is 14.2. The van der Waals surface area contributed by atoms with Gasteiger partial charge in [-0.15, -0.1) is 11.3 Å². The molecule has 0 bridgehead atoms. The fraction of sp³-hybridized carbons (Fsp3) is 0.688. The van der Waals surface area contributed by atoms with E-state index < -0.39 is 10.0 Å². The van der Waals surface area contributed by atoms with Gasteiger partial charge in [0, 0.05) is 32.1 Å². The van der Waals surface area contributed by atoms with Crippen LogP contribution in [0.15, 0.2) is 20.1 Å². The standard InChI is InChI=1S/C16H23BrN2O4S2/c1-12(16(20)18-8-10-23-11-9-18)13-4-6-19(7-5-13)25(21,22)15-3-2-14(17)24-15/h2-3,12-13H,4-11H2,1H3. The van der Waals surface area contributed by atoms with Gasteiger partial charge in [0.15, 0.2) is 0 Å². The SMILES string of the molecule is CC(C(=O)N1CCOCC1)C1CCN(S(=O)(=O)c2ccc(Br)s2)CC1. The van der Waals surface area contributed by atoms with Gasteiger partial charge in [-0.3, -0.25) is 4.79 Å². The van der Waals surface area contributed by atoms with E-state index in [1.807, 2.05) is 11.8 Å². The summed E-state index contributed by atoms with van der Waals surface area (Å²) in [6.07, 6.45) is 1.45. The molecule has 6 nitrogen and oxygen atoms in total. The zero-order chi connectivity index (χ0) is 18.0. The van der Waals surface area contributed by atoms with Crippen LogP contribution in [0.25, 0.3) is 0 Å². The van der Waals surface area contributed by atoms with Crippen molar-refractivity contribution in [2.24, 2.45) is 11.8 Å². The number of morpholine rings is 1. The number of hydrogen-bond donors (Lipinski definition) is 0. The molecule has 140 valence electrons. The van der Waals surface area contributed by atoms with E-state index in [-0.39, 0.29) is 17.7 Å². The second-order valence-corrected chi connectivity index (χ2v) is 11.2. The van der Waals surface area contributed by atoms with Crippen molar-refractivity contribution >= 4 is 43.2 Å². The largest absolute Gasteiger partial charge is 0.378 e. The Morgan fingerprint density at radius 2 is 1.88 bits per heavy atom. The number of carbonyl (C=O) groups excluding carboxylic acids is 1. The smallest absolute Gasteiger partial charge is 0.252 e. The van der Waals surface area contributed by atoms with Crippen molar-refractivity contribution in [1.82, 2.24) is 9.21 Å². The van der Waals surface area contributed by atoms with Gasteiger partial charge < -0.3 is 9.64 Å². The molecule has 0 saturated carbocycles. The van der Waals surface area contributed by atoms with E-state index in [0.29, 0.717) is 43.6 Å². The molecule has 1 unspecified atom stereocenters. The Labute approximate surface area is 161 Å². The average Bonchev–Trinajstić information content (AvgIpc) is 3.08. The summed E-state index contributed by atoms with van der Waals surface area (Å²) in [7, 11) is -3.42. The first-order chi connectivity index (χ1) is 11.9. The lowest BCUT2D eigenvalue weighted by Crippen LogP contribution is -2.47. The van der Waals surface area contributed by atoms with Crippen LogP contribution in [0.3, 0.4) is 0 Å². The fourth-order valence-corrected chi connectivity index (χ4v) is 7.09. The van der Waals surface area contributed by atoms with Gasteiger partial charge in [-0.1, -0.05) is 6.92 Å². The Morgan fingerprint density at radius 3 is 2.44 bits per heavy atom. The Morgan fingerprint density at radius 1 is 1.24 bits per heavy atom. The minimum absolute atomic E-state index is 0.0705. The number of amides is 1. The van der Waals surface area contributed by atoms with Gasteiger partial charge >= 0.3 is 0 Å². The zero-order valence-corrected chi connectivity index (χ0v) is 17.4. The lowest BCUT2D eigenvalue weighted by molar-refractivity contribution is -0.141. The van der Waals surface area contributed by atoms with Gasteiger partial charge in [0.05, 0.1) is 17.0 Å². The molecule has 1 atom stereocenters. The number of thiophene rings is 1. The number of sulfonamides is 1. The highest BCUT2D eigenvalue weighted by atomic mass is 79.9. The molecule has 3 rings (SSSR count). The van der Waals surface area contributed by atoms with Crippen molar-refractivity contribution < 1.29 is 17.9 Å². The number of hydrogen-bond acceptors (Lipinski definition) is 5. The molecule has 2 aliphatic heterocycles. The van der Waals surface area contributed by atoms with Crippen LogP contribution in [0.2, 0.25) is 0 Å². The van der Waals surface area contributed by atoms with E-state index in [9.17, 15) is 13.2 Å². The number of halogens is 1. The molecule has 2 saturated heterocycles. The lowest BCUT2D eigenvalue weighted by Gasteiger charge is -2.36. The van der Waals surface area contributed by atoms with Crippen molar-refractivity contribution in [1.29, 1.82) is 0 Å². The molecular weight excluding hydrogens is 428 g/mol. The van der Waals surface area contributed by atoms with Gasteiger partial charge in [-0.25, -0.2) is 8.42 Å². The van der Waals surface area contributed by atoms with E-state index in [4.69, 9.17) is 4.74 Å². The Hall–Kier alpha value is -0.480. The van der Waals surface area contributed by atoms with E-state index in [1.165, 1.54) is 11.3 Å². The lowest BCUT2D eigenvalue weighted by atomic mass is 9.85. The fourth-order valence-electron chi connectivity index (χ4n) is 3.45. The van der Waals surface area contributed by atoms with Crippen LogP contribution in [0.1, 0.15) is 19.8 Å². The van der Waals surface area contributed by atoms with Crippen molar-refractivity contribution in [2.45, 2.75) is 24.0 Å². The van der Waals surface area contributed by atoms with Gasteiger partial charge in [0.2, 0.25) is 5.91 Å². The van der Waals surface area contributed by atoms with Crippen molar-refractivity contribution in [3.8, 4) is 0 Å². The monoisotopic (exact) mass is 450 g/mol. The summed E-state index contributed by atoms with van der Waals surface area (Å²) in [5, 5.41) is 0. The number of carbonyl (C=O) groups is 1. The predicted molar refractivity (Wildman–Crippen MR) is 100 cm³/mol. The van der Waals surface area contributed by atoms with Crippen LogP contribution >= 0.6 is 27.3 Å². The van der Waals surface area contributed by atoms with Gasteiger partial charge in [0.1, 0.15) is 4.21 Å². The number of rotatable bonds is 4. The minimum Gasteiger partial charge on any atom is -0.378 e. The molecule has 3 heterocycles. The molecule has 0 aromatic carbocycles. The first-order valence-corrected chi connectivity index (χ1v) is 11.6. The molecule has 1 aromatic rings. The molecule has 2 fully saturated rings. The van der Waals surface area contributed by atoms with Crippen molar-refractivity contribution in [3.63, 3.8) is 0 Å². The third-order valence-electron chi connectivity index (χ3n) is 5.06. The highest BCUT2D eigenvalue weighted by Gasteiger charge is 2.35. The number of nitrogens with zero attached hydrogens (tertiary/aromatic N) is 2. The topological polar surface area (TPSA) is 66.9 Å². The quantitative estimate of drug-likeness (QED) is 0.705. The first-order valence-electron chi connectivity index (χ1n) is 8.51. The highest BCUT2D eigenvalue weighted by molar-refractivity contribution is 9.11. The summed E-state index contributed by atoms with van der Waals surface area (Å²) in [5.41, 5.74) is 0. The summed E-state index contributed by atoms with van der Waals surface area (Å²) in [4.78, 5) is 14.5. The summed E-state index contributed by atoms with van der Waals surface area (Å²) >= 11 is 4.55. The van der Waals surface area contributed by atoms with E-state index in [2.05, 4.69) is 15.9 Å². The molecular formula is C16H23BrN2O4S2. The summed E-state index contributed by atoms with van der Waals surface area (Å²) < 4.78 is 33.4. The molecule has 0 aliphatic carbocycles. The maximum absolute atomic E-state index is 12.7. The Kier molecular flexibility index (Phi) is 6.20. The third kappa shape index (κ3) is 4.27. The molecule has 0 radical (unpaired) electrons. The number of piperidine rings is 1.